The average molecular weight is 226 g/mol. The highest BCUT2D eigenvalue weighted by Gasteiger charge is 2.04. The summed E-state index contributed by atoms with van der Waals surface area (Å²) in [6.07, 6.45) is 0. The quantitative estimate of drug-likeness (QED) is 0.793. The molecule has 0 aliphatic heterocycles. The molecule has 0 aliphatic rings. The Morgan fingerprint density at radius 3 is 2.41 bits per heavy atom. The Morgan fingerprint density at radius 2 is 1.76 bits per heavy atom. The molecule has 2 aromatic rings. The number of aromatic nitrogens is 1. The third-order valence-electron chi connectivity index (χ3n) is 2.40. The highest BCUT2D eigenvalue weighted by Crippen LogP contribution is 2.25. The van der Waals surface area contributed by atoms with Crippen molar-refractivity contribution in [1.29, 1.82) is 0 Å². The average Bonchev–Trinajstić information content (AvgIpc) is 2.29. The standard InChI is InChI=1S/C13H14N4/c1-9-8-12(14)15-10(2)13(9)17-16-11-6-4-3-5-7-11/h3-8H,1-2H3,(H2,14,15)/b17-16+. The number of nitrogens with zero attached hydrogens (tertiary/aromatic N) is 3. The number of aryl methyl sites for hydroxylation is 2. The van der Waals surface area contributed by atoms with E-state index in [1.807, 2.05) is 44.2 Å². The Bertz CT molecular complexity index is 524. The number of hydrogen-bond donors (Lipinski definition) is 1. The minimum absolute atomic E-state index is 0.513. The summed E-state index contributed by atoms with van der Waals surface area (Å²) in [7, 11) is 0. The van der Waals surface area contributed by atoms with E-state index >= 15 is 0 Å². The van der Waals surface area contributed by atoms with E-state index in [1.54, 1.807) is 6.07 Å². The summed E-state index contributed by atoms with van der Waals surface area (Å²) in [6, 6.07) is 11.4. The van der Waals surface area contributed by atoms with Gasteiger partial charge in [0.2, 0.25) is 0 Å². The van der Waals surface area contributed by atoms with Crippen molar-refractivity contribution in [2.45, 2.75) is 13.8 Å². The molecule has 0 atom stereocenters. The highest BCUT2D eigenvalue weighted by molar-refractivity contribution is 5.53. The van der Waals surface area contributed by atoms with Gasteiger partial charge < -0.3 is 5.73 Å². The molecule has 0 saturated carbocycles. The van der Waals surface area contributed by atoms with E-state index in [0.717, 1.165) is 22.6 Å². The maximum atomic E-state index is 5.65. The van der Waals surface area contributed by atoms with Gasteiger partial charge in [0, 0.05) is 0 Å². The van der Waals surface area contributed by atoms with Gasteiger partial charge in [0.15, 0.2) is 0 Å². The normalized spacial score (nSPS) is 10.9. The number of rotatable bonds is 2. The van der Waals surface area contributed by atoms with Gasteiger partial charge in [0.05, 0.1) is 11.4 Å². The van der Waals surface area contributed by atoms with Crippen molar-refractivity contribution in [1.82, 2.24) is 4.98 Å². The number of nitrogens with two attached hydrogens (primary N) is 1. The molecule has 4 heteroatoms. The van der Waals surface area contributed by atoms with Gasteiger partial charge in [-0.05, 0) is 37.6 Å². The van der Waals surface area contributed by atoms with Gasteiger partial charge in [-0.25, -0.2) is 4.98 Å². The van der Waals surface area contributed by atoms with E-state index in [4.69, 9.17) is 5.73 Å². The minimum Gasteiger partial charge on any atom is -0.384 e. The summed E-state index contributed by atoms with van der Waals surface area (Å²) in [5.74, 6) is 0.513. The van der Waals surface area contributed by atoms with E-state index < -0.39 is 0 Å². The van der Waals surface area contributed by atoms with E-state index in [2.05, 4.69) is 15.2 Å². The maximum Gasteiger partial charge on any atom is 0.124 e. The van der Waals surface area contributed by atoms with Crippen LogP contribution in [0.5, 0.6) is 0 Å². The second kappa shape index (κ2) is 4.74. The predicted octanol–water partition coefficient (Wildman–Crippen LogP) is 3.70. The molecule has 0 saturated heterocycles. The van der Waals surface area contributed by atoms with Gasteiger partial charge in [0.25, 0.3) is 0 Å². The molecule has 1 aromatic carbocycles. The summed E-state index contributed by atoms with van der Waals surface area (Å²) in [4.78, 5) is 4.17. The topological polar surface area (TPSA) is 63.6 Å². The third kappa shape index (κ3) is 2.66. The molecule has 1 heterocycles. The van der Waals surface area contributed by atoms with Crippen LogP contribution >= 0.6 is 0 Å². The summed E-state index contributed by atoms with van der Waals surface area (Å²) in [5, 5.41) is 8.40. The molecule has 0 bridgehead atoms. The Kier molecular flexibility index (Phi) is 3.14. The number of nitrogen functional groups attached to an aromatic ring is 1. The molecular formula is C13H14N4. The van der Waals surface area contributed by atoms with Crippen LogP contribution < -0.4 is 5.73 Å². The molecule has 0 fully saturated rings. The van der Waals surface area contributed by atoms with Crippen molar-refractivity contribution < 1.29 is 0 Å². The van der Waals surface area contributed by atoms with Crippen molar-refractivity contribution in [3.8, 4) is 0 Å². The van der Waals surface area contributed by atoms with Crippen molar-refractivity contribution in [2.75, 3.05) is 5.73 Å². The maximum absolute atomic E-state index is 5.65. The molecule has 0 spiro atoms. The molecule has 0 radical (unpaired) electrons. The number of pyridine rings is 1. The highest BCUT2D eigenvalue weighted by atomic mass is 15.1. The molecule has 4 nitrogen and oxygen atoms in total. The lowest BCUT2D eigenvalue weighted by Gasteiger charge is -2.03. The Balaban J connectivity index is 2.34. The number of hydrogen-bond acceptors (Lipinski definition) is 4. The molecule has 0 aliphatic carbocycles. The van der Waals surface area contributed by atoms with Crippen LogP contribution in [0.2, 0.25) is 0 Å². The van der Waals surface area contributed by atoms with E-state index in [9.17, 15) is 0 Å². The zero-order chi connectivity index (χ0) is 12.3. The summed E-state index contributed by atoms with van der Waals surface area (Å²) in [6.45, 7) is 3.83. The summed E-state index contributed by atoms with van der Waals surface area (Å²) < 4.78 is 0. The molecule has 2 rings (SSSR count). The molecular weight excluding hydrogens is 212 g/mol. The number of benzene rings is 1. The van der Waals surface area contributed by atoms with Crippen LogP contribution in [0.1, 0.15) is 11.3 Å². The first-order valence-corrected chi connectivity index (χ1v) is 5.37. The van der Waals surface area contributed by atoms with Crippen LogP contribution in [0, 0.1) is 13.8 Å². The molecule has 2 N–H and O–H groups in total. The van der Waals surface area contributed by atoms with E-state index in [-0.39, 0.29) is 0 Å². The molecule has 0 unspecified atom stereocenters. The van der Waals surface area contributed by atoms with Gasteiger partial charge in [0.1, 0.15) is 11.5 Å². The smallest absolute Gasteiger partial charge is 0.124 e. The second-order valence-electron chi connectivity index (χ2n) is 3.83. The van der Waals surface area contributed by atoms with Crippen LogP contribution in [-0.4, -0.2) is 4.98 Å². The van der Waals surface area contributed by atoms with Crippen LogP contribution in [0.15, 0.2) is 46.6 Å². The Morgan fingerprint density at radius 1 is 1.06 bits per heavy atom. The van der Waals surface area contributed by atoms with Crippen molar-refractivity contribution in [3.63, 3.8) is 0 Å². The zero-order valence-corrected chi connectivity index (χ0v) is 9.88. The van der Waals surface area contributed by atoms with Crippen LogP contribution in [0.3, 0.4) is 0 Å². The Labute approximate surface area is 100 Å². The second-order valence-corrected chi connectivity index (χ2v) is 3.83. The monoisotopic (exact) mass is 226 g/mol. The van der Waals surface area contributed by atoms with Crippen molar-refractivity contribution >= 4 is 17.2 Å². The lowest BCUT2D eigenvalue weighted by molar-refractivity contribution is 1.12. The first-order chi connectivity index (χ1) is 8.16. The zero-order valence-electron chi connectivity index (χ0n) is 9.88. The van der Waals surface area contributed by atoms with Crippen LogP contribution in [0.4, 0.5) is 17.2 Å². The van der Waals surface area contributed by atoms with Crippen molar-refractivity contribution in [3.05, 3.63) is 47.7 Å². The lowest BCUT2D eigenvalue weighted by atomic mass is 10.2. The van der Waals surface area contributed by atoms with Crippen LogP contribution in [-0.2, 0) is 0 Å². The number of anilines is 1. The van der Waals surface area contributed by atoms with Gasteiger partial charge in [-0.3, -0.25) is 0 Å². The first kappa shape index (κ1) is 11.3. The van der Waals surface area contributed by atoms with Gasteiger partial charge in [-0.2, -0.15) is 5.11 Å². The first-order valence-electron chi connectivity index (χ1n) is 5.37. The Hall–Kier alpha value is -2.23. The SMILES string of the molecule is Cc1cc(N)nc(C)c1/N=N/c1ccccc1. The molecule has 1 aromatic heterocycles. The van der Waals surface area contributed by atoms with Gasteiger partial charge >= 0.3 is 0 Å². The summed E-state index contributed by atoms with van der Waals surface area (Å²) in [5.41, 5.74) is 9.03. The molecule has 0 amide bonds. The molecule has 17 heavy (non-hydrogen) atoms. The lowest BCUT2D eigenvalue weighted by Crippen LogP contribution is -1.93. The van der Waals surface area contributed by atoms with Gasteiger partial charge in [-0.15, -0.1) is 5.11 Å². The van der Waals surface area contributed by atoms with Crippen LogP contribution in [0.25, 0.3) is 0 Å². The van der Waals surface area contributed by atoms with Gasteiger partial charge in [-0.1, -0.05) is 18.2 Å². The van der Waals surface area contributed by atoms with Crippen molar-refractivity contribution in [2.24, 2.45) is 10.2 Å². The van der Waals surface area contributed by atoms with E-state index in [0.29, 0.717) is 5.82 Å². The fourth-order valence-corrected chi connectivity index (χ4v) is 1.61. The minimum atomic E-state index is 0.513. The molecule has 86 valence electrons. The predicted molar refractivity (Wildman–Crippen MR) is 68.7 cm³/mol. The number of azo groups is 1. The largest absolute Gasteiger partial charge is 0.384 e. The fraction of sp³-hybridized carbons (Fsp3) is 0.154. The third-order valence-corrected chi connectivity index (χ3v) is 2.40. The fourth-order valence-electron chi connectivity index (χ4n) is 1.61. The van der Waals surface area contributed by atoms with E-state index in [1.165, 1.54) is 0 Å². The summed E-state index contributed by atoms with van der Waals surface area (Å²) >= 11 is 0.